The van der Waals surface area contributed by atoms with Gasteiger partial charge in [-0.25, -0.2) is 0 Å². The maximum absolute atomic E-state index is 12.5. The van der Waals surface area contributed by atoms with Crippen LogP contribution in [-0.2, 0) is 19.1 Å². The van der Waals surface area contributed by atoms with E-state index in [1.165, 1.54) is 0 Å². The molecule has 4 atom stereocenters. The molecule has 1 aliphatic heterocycles. The normalized spacial score (nSPS) is 31.8. The van der Waals surface area contributed by atoms with Crippen LogP contribution in [0.25, 0.3) is 0 Å². The highest BCUT2D eigenvalue weighted by Crippen LogP contribution is 2.51. The zero-order valence-electron chi connectivity index (χ0n) is 15.8. The van der Waals surface area contributed by atoms with Crippen molar-refractivity contribution >= 4 is 17.7 Å². The van der Waals surface area contributed by atoms with Crippen molar-refractivity contribution in [3.8, 4) is 0 Å². The fourth-order valence-corrected chi connectivity index (χ4v) is 4.64. The Kier molecular flexibility index (Phi) is 4.82. The number of allylic oxidation sites excluding steroid dienone is 1. The first kappa shape index (κ1) is 18.9. The highest BCUT2D eigenvalue weighted by atomic mass is 16.6. The highest BCUT2D eigenvalue weighted by molar-refractivity contribution is 5.97. The molecule has 3 unspecified atom stereocenters. The van der Waals surface area contributed by atoms with E-state index in [0.717, 1.165) is 12.0 Å². The van der Waals surface area contributed by atoms with E-state index >= 15 is 0 Å². The van der Waals surface area contributed by atoms with Gasteiger partial charge in [0.05, 0.1) is 11.8 Å². The summed E-state index contributed by atoms with van der Waals surface area (Å²) in [7, 11) is 0. The standard InChI is InChI=1S/C20H30O4/c1-8-19(4,5)16-13(17(22)24-18(16)23)10-20(6,7)15-12(3)11(2)9-14(15)21/h12-13,15-16H,2,8-10H2,1,3-7H3/t12-,13?,15?,16?/m1/s1. The van der Waals surface area contributed by atoms with Gasteiger partial charge >= 0.3 is 11.9 Å². The van der Waals surface area contributed by atoms with E-state index in [-0.39, 0.29) is 28.4 Å². The molecular weight excluding hydrogens is 304 g/mol. The summed E-state index contributed by atoms with van der Waals surface area (Å²) in [5.74, 6) is -1.61. The first-order valence-corrected chi connectivity index (χ1v) is 8.88. The second-order valence-corrected chi connectivity index (χ2v) is 8.93. The van der Waals surface area contributed by atoms with Gasteiger partial charge in [-0.15, -0.1) is 0 Å². The van der Waals surface area contributed by atoms with Crippen LogP contribution in [0.4, 0.5) is 0 Å². The summed E-state index contributed by atoms with van der Waals surface area (Å²) >= 11 is 0. The van der Waals surface area contributed by atoms with E-state index in [9.17, 15) is 14.4 Å². The molecular formula is C20H30O4. The van der Waals surface area contributed by atoms with Crippen molar-refractivity contribution in [2.24, 2.45) is 34.5 Å². The molecule has 0 bridgehead atoms. The molecule has 0 amide bonds. The third kappa shape index (κ3) is 3.07. The number of cyclic esters (lactones) is 2. The van der Waals surface area contributed by atoms with Crippen molar-refractivity contribution in [3.63, 3.8) is 0 Å². The largest absolute Gasteiger partial charge is 0.393 e. The number of Topliss-reactive ketones (excluding diaryl/α,β-unsaturated/α-hetero) is 1. The van der Waals surface area contributed by atoms with Crippen molar-refractivity contribution < 1.29 is 19.1 Å². The van der Waals surface area contributed by atoms with E-state index in [0.29, 0.717) is 12.8 Å². The van der Waals surface area contributed by atoms with Crippen molar-refractivity contribution in [1.82, 2.24) is 0 Å². The zero-order valence-corrected chi connectivity index (χ0v) is 15.8. The van der Waals surface area contributed by atoms with E-state index in [1.807, 2.05) is 41.5 Å². The SMILES string of the molecule is C=C1CC(=O)C(C(C)(C)CC2C(=O)OC(=O)C2C(C)(C)CC)[C@@H]1C. The van der Waals surface area contributed by atoms with Crippen LogP contribution in [-0.4, -0.2) is 17.7 Å². The van der Waals surface area contributed by atoms with Crippen molar-refractivity contribution in [3.05, 3.63) is 12.2 Å². The fraction of sp³-hybridized carbons (Fsp3) is 0.750. The number of carbonyl (C=O) groups is 3. The van der Waals surface area contributed by atoms with Crippen LogP contribution < -0.4 is 0 Å². The van der Waals surface area contributed by atoms with Gasteiger partial charge in [0.25, 0.3) is 0 Å². The predicted octanol–water partition coefficient (Wildman–Crippen LogP) is 3.94. The molecule has 0 aromatic carbocycles. The quantitative estimate of drug-likeness (QED) is 0.434. The number of ketones is 1. The van der Waals surface area contributed by atoms with Gasteiger partial charge in [-0.2, -0.15) is 0 Å². The topological polar surface area (TPSA) is 60.4 Å². The smallest absolute Gasteiger partial charge is 0.318 e. The Bertz CT molecular complexity index is 584. The molecule has 0 N–H and O–H groups in total. The molecule has 0 aromatic rings. The molecule has 134 valence electrons. The molecule has 1 aliphatic carbocycles. The molecule has 1 heterocycles. The number of hydrogen-bond acceptors (Lipinski definition) is 4. The molecule has 24 heavy (non-hydrogen) atoms. The van der Waals surface area contributed by atoms with E-state index in [1.54, 1.807) is 0 Å². The lowest BCUT2D eigenvalue weighted by molar-refractivity contribution is -0.154. The lowest BCUT2D eigenvalue weighted by Crippen LogP contribution is -2.39. The van der Waals surface area contributed by atoms with Crippen LogP contribution in [0.5, 0.6) is 0 Å². The first-order valence-electron chi connectivity index (χ1n) is 8.88. The fourth-order valence-electron chi connectivity index (χ4n) is 4.64. The van der Waals surface area contributed by atoms with Crippen LogP contribution in [0.15, 0.2) is 12.2 Å². The Morgan fingerprint density at radius 2 is 1.62 bits per heavy atom. The van der Waals surface area contributed by atoms with Gasteiger partial charge in [0, 0.05) is 12.3 Å². The Balaban J connectivity index is 2.30. The summed E-state index contributed by atoms with van der Waals surface area (Å²) in [5.41, 5.74) is 0.277. The van der Waals surface area contributed by atoms with Crippen LogP contribution in [0, 0.1) is 34.5 Å². The summed E-state index contributed by atoms with van der Waals surface area (Å²) in [6.45, 7) is 16.1. The molecule has 4 nitrogen and oxygen atoms in total. The second kappa shape index (κ2) is 6.12. The minimum Gasteiger partial charge on any atom is -0.393 e. The van der Waals surface area contributed by atoms with Crippen molar-refractivity contribution in [2.75, 3.05) is 0 Å². The van der Waals surface area contributed by atoms with Crippen LogP contribution in [0.2, 0.25) is 0 Å². The van der Waals surface area contributed by atoms with E-state index in [4.69, 9.17) is 4.74 Å². The minimum atomic E-state index is -0.476. The van der Waals surface area contributed by atoms with E-state index < -0.39 is 23.8 Å². The Hall–Kier alpha value is -1.45. The number of carbonyl (C=O) groups excluding carboxylic acids is 3. The molecule has 1 saturated heterocycles. The Morgan fingerprint density at radius 3 is 2.08 bits per heavy atom. The summed E-state index contributed by atoms with van der Waals surface area (Å²) in [6, 6.07) is 0. The molecule has 1 saturated carbocycles. The number of hydrogen-bond donors (Lipinski definition) is 0. The van der Waals surface area contributed by atoms with Gasteiger partial charge in [-0.1, -0.05) is 60.1 Å². The minimum absolute atomic E-state index is 0.110. The summed E-state index contributed by atoms with van der Waals surface area (Å²) in [5, 5.41) is 0. The maximum Gasteiger partial charge on any atom is 0.318 e. The molecule has 2 fully saturated rings. The maximum atomic E-state index is 12.5. The molecule has 4 heteroatoms. The van der Waals surface area contributed by atoms with Gasteiger partial charge < -0.3 is 4.74 Å². The molecule has 0 radical (unpaired) electrons. The predicted molar refractivity (Wildman–Crippen MR) is 92.0 cm³/mol. The van der Waals surface area contributed by atoms with Crippen LogP contribution >= 0.6 is 0 Å². The van der Waals surface area contributed by atoms with Crippen LogP contribution in [0.3, 0.4) is 0 Å². The van der Waals surface area contributed by atoms with Crippen molar-refractivity contribution in [2.45, 2.75) is 60.8 Å². The third-order valence-corrected chi connectivity index (χ3v) is 6.39. The monoisotopic (exact) mass is 334 g/mol. The lowest BCUT2D eigenvalue weighted by atomic mass is 9.63. The average Bonchev–Trinajstić information content (AvgIpc) is 2.86. The molecule has 0 spiro atoms. The van der Waals surface area contributed by atoms with Gasteiger partial charge in [0.2, 0.25) is 0 Å². The van der Waals surface area contributed by atoms with Crippen molar-refractivity contribution in [1.29, 1.82) is 0 Å². The average molecular weight is 334 g/mol. The second-order valence-electron chi connectivity index (χ2n) is 8.93. The van der Waals surface area contributed by atoms with Crippen LogP contribution in [0.1, 0.15) is 60.8 Å². The zero-order chi connectivity index (χ0) is 18.4. The summed E-state index contributed by atoms with van der Waals surface area (Å²) in [4.78, 5) is 37.0. The van der Waals surface area contributed by atoms with Gasteiger partial charge in [-0.05, 0) is 23.2 Å². The first-order chi connectivity index (χ1) is 10.9. The highest BCUT2D eigenvalue weighted by Gasteiger charge is 2.54. The third-order valence-electron chi connectivity index (χ3n) is 6.39. The van der Waals surface area contributed by atoms with E-state index in [2.05, 4.69) is 6.58 Å². The molecule has 2 aliphatic rings. The molecule has 2 rings (SSSR count). The van der Waals surface area contributed by atoms with Gasteiger partial charge in [-0.3, -0.25) is 14.4 Å². The lowest BCUT2D eigenvalue weighted by Gasteiger charge is -2.38. The number of rotatable bonds is 5. The number of esters is 2. The number of ether oxygens (including phenoxy) is 1. The Labute approximate surface area is 145 Å². The molecule has 0 aromatic heterocycles. The van der Waals surface area contributed by atoms with Gasteiger partial charge in [0.15, 0.2) is 0 Å². The summed E-state index contributed by atoms with van der Waals surface area (Å²) < 4.78 is 4.98. The van der Waals surface area contributed by atoms with Gasteiger partial charge in [0.1, 0.15) is 5.78 Å². The Morgan fingerprint density at radius 1 is 1.04 bits per heavy atom. The summed E-state index contributed by atoms with van der Waals surface area (Å²) in [6.07, 6.45) is 1.69.